The van der Waals surface area contributed by atoms with E-state index in [-0.39, 0.29) is 9.37 Å². The van der Waals surface area contributed by atoms with E-state index in [1.807, 2.05) is 0 Å². The molecule has 1 fully saturated rings. The smallest absolute Gasteiger partial charge is 0.207 e. The lowest BCUT2D eigenvalue weighted by atomic mass is 10.3. The van der Waals surface area contributed by atoms with Crippen LogP contribution in [-0.2, 0) is 10.0 Å². The van der Waals surface area contributed by atoms with Crippen LogP contribution in [0.5, 0.6) is 0 Å². The maximum Gasteiger partial charge on any atom is 0.243 e. The van der Waals surface area contributed by atoms with E-state index in [4.69, 9.17) is 0 Å². The van der Waals surface area contributed by atoms with Gasteiger partial charge >= 0.3 is 0 Å². The summed E-state index contributed by atoms with van der Waals surface area (Å²) in [6.07, 6.45) is 0.890. The van der Waals surface area contributed by atoms with Crippen LogP contribution in [0.15, 0.2) is 27.6 Å². The standard InChI is InChI=1S/C9H9BrFNO2S/c10-8-6-7(2-3-9(8)11)15(13,14)12-4-1-5-12/h2-3,6H,1,4-5H2. The summed E-state index contributed by atoms with van der Waals surface area (Å²) >= 11 is 2.97. The van der Waals surface area contributed by atoms with Crippen LogP contribution in [0.25, 0.3) is 0 Å². The first kappa shape index (κ1) is 11.0. The minimum absolute atomic E-state index is 0.135. The van der Waals surface area contributed by atoms with E-state index in [2.05, 4.69) is 15.9 Å². The summed E-state index contributed by atoms with van der Waals surface area (Å²) < 4.78 is 38.2. The van der Waals surface area contributed by atoms with Crippen LogP contribution >= 0.6 is 15.9 Å². The second-order valence-electron chi connectivity index (χ2n) is 3.33. The van der Waals surface area contributed by atoms with Gasteiger partial charge in [0, 0.05) is 13.1 Å². The van der Waals surface area contributed by atoms with Gasteiger partial charge < -0.3 is 0 Å². The average Bonchev–Trinajstić information content (AvgIpc) is 2.05. The maximum atomic E-state index is 12.9. The minimum atomic E-state index is -3.40. The van der Waals surface area contributed by atoms with E-state index in [1.54, 1.807) is 0 Å². The molecule has 0 bridgehead atoms. The summed E-state index contributed by atoms with van der Waals surface area (Å²) in [6, 6.07) is 3.73. The van der Waals surface area contributed by atoms with Crippen molar-refractivity contribution in [3.63, 3.8) is 0 Å². The Labute approximate surface area is 96.1 Å². The Balaban J connectivity index is 2.40. The average molecular weight is 294 g/mol. The lowest BCUT2D eigenvalue weighted by Crippen LogP contribution is -2.41. The van der Waals surface area contributed by atoms with Crippen LogP contribution in [0, 0.1) is 5.82 Å². The molecule has 1 aromatic carbocycles. The SMILES string of the molecule is O=S(=O)(c1ccc(F)c(Br)c1)N1CCC1. The molecular weight excluding hydrogens is 285 g/mol. The molecule has 0 spiro atoms. The van der Waals surface area contributed by atoms with E-state index in [9.17, 15) is 12.8 Å². The molecule has 1 heterocycles. The lowest BCUT2D eigenvalue weighted by molar-refractivity contribution is 0.309. The van der Waals surface area contributed by atoms with Crippen molar-refractivity contribution in [2.24, 2.45) is 0 Å². The predicted octanol–water partition coefficient (Wildman–Crippen LogP) is 1.98. The lowest BCUT2D eigenvalue weighted by Gasteiger charge is -2.29. The molecule has 0 aliphatic carbocycles. The van der Waals surface area contributed by atoms with Crippen LogP contribution in [0.2, 0.25) is 0 Å². The maximum absolute atomic E-state index is 12.9. The molecule has 6 heteroatoms. The van der Waals surface area contributed by atoms with Gasteiger partial charge in [0.05, 0.1) is 9.37 Å². The molecule has 0 radical (unpaired) electrons. The highest BCUT2D eigenvalue weighted by Gasteiger charge is 2.29. The highest BCUT2D eigenvalue weighted by atomic mass is 79.9. The largest absolute Gasteiger partial charge is 0.243 e. The molecule has 3 nitrogen and oxygen atoms in total. The molecule has 1 aromatic rings. The molecular formula is C9H9BrFNO2S. The molecule has 0 amide bonds. The molecule has 0 aromatic heterocycles. The Morgan fingerprint density at radius 1 is 1.33 bits per heavy atom. The van der Waals surface area contributed by atoms with Gasteiger partial charge in [-0.25, -0.2) is 12.8 Å². The van der Waals surface area contributed by atoms with Crippen molar-refractivity contribution >= 4 is 26.0 Å². The molecule has 0 N–H and O–H groups in total. The summed E-state index contributed by atoms with van der Waals surface area (Å²) in [5.74, 6) is -0.461. The van der Waals surface area contributed by atoms with Crippen molar-refractivity contribution in [2.45, 2.75) is 11.3 Å². The van der Waals surface area contributed by atoms with Gasteiger partial charge in [-0.15, -0.1) is 0 Å². The summed E-state index contributed by atoms with van der Waals surface area (Å²) in [7, 11) is -3.40. The zero-order chi connectivity index (χ0) is 11.1. The number of rotatable bonds is 2. The third kappa shape index (κ3) is 1.93. The first-order valence-corrected chi connectivity index (χ1v) is 6.70. The Morgan fingerprint density at radius 2 is 2.00 bits per heavy atom. The number of nitrogens with zero attached hydrogens (tertiary/aromatic N) is 1. The molecule has 2 rings (SSSR count). The first-order valence-electron chi connectivity index (χ1n) is 4.47. The van der Waals surface area contributed by atoms with Crippen molar-refractivity contribution < 1.29 is 12.8 Å². The van der Waals surface area contributed by atoms with Crippen molar-refractivity contribution in [3.05, 3.63) is 28.5 Å². The van der Waals surface area contributed by atoms with E-state index in [1.165, 1.54) is 16.4 Å². The monoisotopic (exact) mass is 293 g/mol. The Bertz CT molecular complexity index is 485. The number of sulfonamides is 1. The van der Waals surface area contributed by atoms with Crippen molar-refractivity contribution in [3.8, 4) is 0 Å². The van der Waals surface area contributed by atoms with Crippen molar-refractivity contribution in [1.29, 1.82) is 0 Å². The zero-order valence-electron chi connectivity index (χ0n) is 7.78. The van der Waals surface area contributed by atoms with Gasteiger partial charge in [0.1, 0.15) is 5.82 Å². The number of halogens is 2. The van der Waals surface area contributed by atoms with Crippen molar-refractivity contribution in [1.82, 2.24) is 4.31 Å². The van der Waals surface area contributed by atoms with Crippen LogP contribution < -0.4 is 0 Å². The van der Waals surface area contributed by atoms with Crippen molar-refractivity contribution in [2.75, 3.05) is 13.1 Å². The van der Waals surface area contributed by atoms with Gasteiger partial charge in [-0.1, -0.05) is 0 Å². The van der Waals surface area contributed by atoms with Crippen LogP contribution in [0.1, 0.15) is 6.42 Å². The Hall–Kier alpha value is -0.460. The Morgan fingerprint density at radius 3 is 2.47 bits per heavy atom. The zero-order valence-corrected chi connectivity index (χ0v) is 10.2. The quantitative estimate of drug-likeness (QED) is 0.836. The molecule has 1 aliphatic heterocycles. The van der Waals surface area contributed by atoms with Crippen LogP contribution in [0.3, 0.4) is 0 Å². The minimum Gasteiger partial charge on any atom is -0.207 e. The normalized spacial score (nSPS) is 17.5. The fourth-order valence-corrected chi connectivity index (χ4v) is 3.39. The van der Waals surface area contributed by atoms with Crippen LogP contribution in [0.4, 0.5) is 4.39 Å². The van der Waals surface area contributed by atoms with Gasteiger partial charge in [-0.3, -0.25) is 0 Å². The van der Waals surface area contributed by atoms with Gasteiger partial charge in [0.15, 0.2) is 0 Å². The van der Waals surface area contributed by atoms with E-state index >= 15 is 0 Å². The topological polar surface area (TPSA) is 37.4 Å². The predicted molar refractivity (Wildman–Crippen MR) is 57.5 cm³/mol. The second kappa shape index (κ2) is 3.84. The summed E-state index contributed by atoms with van der Waals surface area (Å²) in [5.41, 5.74) is 0. The van der Waals surface area contributed by atoms with Gasteiger partial charge in [-0.05, 0) is 40.5 Å². The molecule has 0 unspecified atom stereocenters. The van der Waals surface area contributed by atoms with Crippen LogP contribution in [-0.4, -0.2) is 25.8 Å². The van der Waals surface area contributed by atoms with E-state index in [0.29, 0.717) is 13.1 Å². The highest BCUT2D eigenvalue weighted by Crippen LogP contribution is 2.25. The molecule has 0 atom stereocenters. The van der Waals surface area contributed by atoms with Gasteiger partial charge in [0.2, 0.25) is 10.0 Å². The van der Waals surface area contributed by atoms with E-state index < -0.39 is 15.8 Å². The fraction of sp³-hybridized carbons (Fsp3) is 0.333. The molecule has 82 valence electrons. The summed E-state index contributed by atoms with van der Waals surface area (Å²) in [4.78, 5) is 0.135. The first-order chi connectivity index (χ1) is 7.01. The van der Waals surface area contributed by atoms with E-state index in [0.717, 1.165) is 12.5 Å². The third-order valence-electron chi connectivity index (χ3n) is 2.34. The molecule has 0 saturated carbocycles. The molecule has 1 saturated heterocycles. The highest BCUT2D eigenvalue weighted by molar-refractivity contribution is 9.10. The summed E-state index contributed by atoms with van der Waals surface area (Å²) in [5, 5.41) is 0. The third-order valence-corrected chi connectivity index (χ3v) is 4.85. The number of hydrogen-bond donors (Lipinski definition) is 0. The molecule has 15 heavy (non-hydrogen) atoms. The van der Waals surface area contributed by atoms with Gasteiger partial charge in [0.25, 0.3) is 0 Å². The number of benzene rings is 1. The second-order valence-corrected chi connectivity index (χ2v) is 6.13. The fourth-order valence-electron chi connectivity index (χ4n) is 1.31. The summed E-state index contributed by atoms with van der Waals surface area (Å²) in [6.45, 7) is 1.11. The number of hydrogen-bond acceptors (Lipinski definition) is 2. The Kier molecular flexibility index (Phi) is 2.83. The molecule has 1 aliphatic rings. The van der Waals surface area contributed by atoms with Gasteiger partial charge in [-0.2, -0.15) is 4.31 Å².